The first kappa shape index (κ1) is 17.1. The van der Waals surface area contributed by atoms with E-state index in [0.29, 0.717) is 16.1 Å². The molecule has 0 rings (SSSR count). The van der Waals surface area contributed by atoms with E-state index < -0.39 is 0 Å². The molecule has 1 unspecified atom stereocenters. The number of hydrogen-bond acceptors (Lipinski definition) is 4. The summed E-state index contributed by atoms with van der Waals surface area (Å²) in [6.45, 7) is 2.27. The zero-order chi connectivity index (χ0) is 13.1. The van der Waals surface area contributed by atoms with Gasteiger partial charge in [0.15, 0.2) is 0 Å². The van der Waals surface area contributed by atoms with Gasteiger partial charge in [0.1, 0.15) is 20.3 Å². The van der Waals surface area contributed by atoms with Gasteiger partial charge in [0.05, 0.1) is 6.61 Å². The number of carbonyl (C=O) groups excluding carboxylic acids is 1. The van der Waals surface area contributed by atoms with Crippen LogP contribution in [0, 0.1) is 0 Å². The predicted octanol–water partition coefficient (Wildman–Crippen LogP) is 2.18. The van der Waals surface area contributed by atoms with Crippen LogP contribution in [0.25, 0.3) is 0 Å². The lowest BCUT2D eigenvalue weighted by molar-refractivity contribution is -0.142. The highest BCUT2D eigenvalue weighted by Crippen LogP contribution is 2.05. The molecule has 0 aromatic carbocycles. The summed E-state index contributed by atoms with van der Waals surface area (Å²) >= 11 is 3.16. The van der Waals surface area contributed by atoms with Gasteiger partial charge in [-0.05, 0) is 13.3 Å². The molecule has 0 fully saturated rings. The molecule has 0 saturated heterocycles. The van der Waals surface area contributed by atoms with Crippen LogP contribution in [0.15, 0.2) is 0 Å². The molecule has 2 radical (unpaired) electrons. The Morgan fingerprint density at radius 2 is 1.88 bits per heavy atom. The molecule has 17 heavy (non-hydrogen) atoms. The molecule has 0 spiro atoms. The highest BCUT2D eigenvalue weighted by molar-refractivity contribution is 9.10. The summed E-state index contributed by atoms with van der Waals surface area (Å²) in [7, 11) is 3.98. The number of rotatable bonds is 10. The second-order valence-electron chi connectivity index (χ2n) is 3.60. The fraction of sp³-hybridized carbons (Fsp3) is 0.909. The Labute approximate surface area is 114 Å². The largest absolute Gasteiger partial charge is 0.465 e. The molecule has 0 N–H and O–H groups in total. The minimum atomic E-state index is -0.215. The lowest BCUT2D eigenvalue weighted by Gasteiger charge is -2.11. The average Bonchev–Trinajstić information content (AvgIpc) is 2.32. The summed E-state index contributed by atoms with van der Waals surface area (Å²) in [5.41, 5.74) is 0. The maximum absolute atomic E-state index is 11.1. The number of alkyl halides is 1. The van der Waals surface area contributed by atoms with Gasteiger partial charge in [0.25, 0.3) is 0 Å². The van der Waals surface area contributed by atoms with E-state index in [2.05, 4.69) is 15.9 Å². The Hall–Kier alpha value is 0.0869. The fourth-order valence-corrected chi connectivity index (χ4v) is 2.33. The van der Waals surface area contributed by atoms with Crippen LogP contribution in [0.1, 0.15) is 26.2 Å². The first-order chi connectivity index (χ1) is 8.11. The van der Waals surface area contributed by atoms with E-state index in [-0.39, 0.29) is 16.7 Å². The van der Waals surface area contributed by atoms with E-state index in [1.54, 1.807) is 21.1 Å². The summed E-state index contributed by atoms with van der Waals surface area (Å²) < 4.78 is 15.2. The average molecular weight is 325 g/mol. The summed E-state index contributed by atoms with van der Waals surface area (Å²) in [4.78, 5) is 10.9. The predicted molar refractivity (Wildman–Crippen MR) is 71.6 cm³/mol. The van der Waals surface area contributed by atoms with Crippen LogP contribution >= 0.6 is 15.9 Å². The van der Waals surface area contributed by atoms with Gasteiger partial charge >= 0.3 is 5.97 Å². The van der Waals surface area contributed by atoms with Crippen molar-refractivity contribution in [3.8, 4) is 0 Å². The van der Waals surface area contributed by atoms with Crippen molar-refractivity contribution in [3.05, 3.63) is 0 Å². The number of esters is 1. The summed E-state index contributed by atoms with van der Waals surface area (Å²) in [6.07, 6.45) is 3.10. The van der Waals surface area contributed by atoms with Crippen molar-refractivity contribution in [1.29, 1.82) is 0 Å². The second-order valence-corrected chi connectivity index (χ2v) is 6.35. The lowest BCUT2D eigenvalue weighted by Crippen LogP contribution is -2.20. The summed E-state index contributed by atoms with van der Waals surface area (Å²) in [5, 5.41) is 0. The van der Waals surface area contributed by atoms with Crippen LogP contribution in [-0.4, -0.2) is 47.1 Å². The maximum atomic E-state index is 11.1. The second kappa shape index (κ2) is 11.2. The quantitative estimate of drug-likeness (QED) is 0.203. The summed E-state index contributed by atoms with van der Waals surface area (Å²) in [6, 6.07) is 1.09. The molecule has 6 heteroatoms. The Bertz CT molecular complexity index is 198. The fourth-order valence-electron chi connectivity index (χ4n) is 1.17. The molecular formula is C11H21BrO4Si. The number of methoxy groups -OCH3 is 2. The summed E-state index contributed by atoms with van der Waals surface area (Å²) in [5.74, 6) is -0.257. The third-order valence-corrected chi connectivity index (χ3v) is 3.95. The van der Waals surface area contributed by atoms with Gasteiger partial charge in [-0.1, -0.05) is 34.8 Å². The molecule has 0 aliphatic carbocycles. The van der Waals surface area contributed by atoms with Crippen molar-refractivity contribution in [2.75, 3.05) is 20.8 Å². The third kappa shape index (κ3) is 9.76. The standard InChI is InChI=1S/C11H21BrO4Si/c1-9(12)10(13)16-7-5-4-6-8-17-11(14-2)15-3/h9,11H,4-8H2,1-3H3. The Morgan fingerprint density at radius 1 is 1.24 bits per heavy atom. The minimum absolute atomic E-state index is 0.0675. The normalized spacial score (nSPS) is 12.8. The van der Waals surface area contributed by atoms with E-state index in [1.165, 1.54) is 0 Å². The smallest absolute Gasteiger partial charge is 0.319 e. The van der Waals surface area contributed by atoms with Gasteiger partial charge in [0.2, 0.25) is 0 Å². The van der Waals surface area contributed by atoms with Crippen molar-refractivity contribution in [3.63, 3.8) is 0 Å². The third-order valence-electron chi connectivity index (χ3n) is 2.13. The molecule has 0 aliphatic heterocycles. The van der Waals surface area contributed by atoms with Crippen LogP contribution in [0.5, 0.6) is 0 Å². The Balaban J connectivity index is 3.27. The van der Waals surface area contributed by atoms with Crippen LogP contribution in [0.2, 0.25) is 6.04 Å². The Morgan fingerprint density at radius 3 is 2.41 bits per heavy atom. The zero-order valence-corrected chi connectivity index (χ0v) is 13.3. The van der Waals surface area contributed by atoms with Gasteiger partial charge in [0, 0.05) is 14.2 Å². The number of ether oxygens (including phenoxy) is 3. The molecule has 0 aromatic rings. The van der Waals surface area contributed by atoms with E-state index in [0.717, 1.165) is 25.3 Å². The zero-order valence-electron chi connectivity index (χ0n) is 10.7. The van der Waals surface area contributed by atoms with Crippen molar-refractivity contribution >= 4 is 31.4 Å². The first-order valence-electron chi connectivity index (χ1n) is 5.71. The highest BCUT2D eigenvalue weighted by atomic mass is 79.9. The van der Waals surface area contributed by atoms with Crippen LogP contribution in [-0.2, 0) is 19.0 Å². The molecule has 100 valence electrons. The Kier molecular flexibility index (Phi) is 11.3. The van der Waals surface area contributed by atoms with Gasteiger partial charge in [-0.3, -0.25) is 4.79 Å². The monoisotopic (exact) mass is 324 g/mol. The van der Waals surface area contributed by atoms with E-state index in [4.69, 9.17) is 14.2 Å². The molecule has 0 aliphatic rings. The van der Waals surface area contributed by atoms with E-state index in [9.17, 15) is 4.79 Å². The topological polar surface area (TPSA) is 44.8 Å². The molecule has 0 aromatic heterocycles. The van der Waals surface area contributed by atoms with Crippen molar-refractivity contribution in [2.45, 2.75) is 43.0 Å². The first-order valence-corrected chi connectivity index (χ1v) is 7.91. The number of hydrogen-bond donors (Lipinski definition) is 0. The lowest BCUT2D eigenvalue weighted by atomic mass is 10.3. The minimum Gasteiger partial charge on any atom is -0.465 e. The molecule has 0 saturated carbocycles. The molecule has 1 atom stereocenters. The van der Waals surface area contributed by atoms with Crippen molar-refractivity contribution in [2.24, 2.45) is 0 Å². The van der Waals surface area contributed by atoms with Crippen LogP contribution < -0.4 is 0 Å². The highest BCUT2D eigenvalue weighted by Gasteiger charge is 2.09. The molecular weight excluding hydrogens is 304 g/mol. The number of carbonyl (C=O) groups is 1. The van der Waals surface area contributed by atoms with Gasteiger partial charge in [-0.25, -0.2) is 0 Å². The van der Waals surface area contributed by atoms with Crippen LogP contribution in [0.3, 0.4) is 0 Å². The number of halogens is 1. The van der Waals surface area contributed by atoms with Gasteiger partial charge < -0.3 is 14.2 Å². The molecule has 0 bridgehead atoms. The van der Waals surface area contributed by atoms with Gasteiger partial charge in [-0.2, -0.15) is 0 Å². The molecule has 0 amide bonds. The molecule has 4 nitrogen and oxygen atoms in total. The molecule has 0 heterocycles. The van der Waals surface area contributed by atoms with Crippen molar-refractivity contribution < 1.29 is 19.0 Å². The van der Waals surface area contributed by atoms with Crippen LogP contribution in [0.4, 0.5) is 0 Å². The number of unbranched alkanes of at least 4 members (excludes halogenated alkanes) is 2. The SMILES string of the molecule is COC(OC)[Si]CCCCCOC(=O)C(C)Br. The van der Waals surface area contributed by atoms with E-state index in [1.807, 2.05) is 0 Å². The maximum Gasteiger partial charge on any atom is 0.319 e. The van der Waals surface area contributed by atoms with E-state index >= 15 is 0 Å². The van der Waals surface area contributed by atoms with Gasteiger partial charge in [-0.15, -0.1) is 0 Å². The van der Waals surface area contributed by atoms with Crippen molar-refractivity contribution in [1.82, 2.24) is 0 Å².